The van der Waals surface area contributed by atoms with E-state index in [4.69, 9.17) is 28.3 Å². The first-order valence-corrected chi connectivity index (χ1v) is 51.7. The average molecular weight is 2110 g/mol. The largest absolute Gasteiger partial charge is 0.508 e. The predicted octanol–water partition coefficient (Wildman–Crippen LogP) is -3.99. The number of hydrogen-bond acceptors (Lipinski definition) is 27. The molecule has 0 spiro atoms. The van der Waals surface area contributed by atoms with Gasteiger partial charge in [0.15, 0.2) is 5.96 Å². The quantitative estimate of drug-likeness (QED) is 0.0146. The average Bonchev–Trinajstić information content (AvgIpc) is 1.54. The van der Waals surface area contributed by atoms with Crippen LogP contribution in [0.15, 0.2) is 78.9 Å². The number of carbonyl (C=O) groups excluding carboxylic acids is 20. The molecule has 0 saturated carbocycles. The van der Waals surface area contributed by atoms with Crippen LogP contribution in [0.3, 0.4) is 0 Å². The summed E-state index contributed by atoms with van der Waals surface area (Å²) in [7, 11) is 0. The molecule has 3 aromatic rings. The minimum atomic E-state index is -2.05. The van der Waals surface area contributed by atoms with E-state index in [0.29, 0.717) is 93.6 Å². The number of benzene rings is 3. The monoisotopic (exact) mass is 2110 g/mol. The number of thioether (sulfide) groups is 1. The lowest BCUT2D eigenvalue weighted by atomic mass is 10.00. The van der Waals surface area contributed by atoms with Crippen LogP contribution in [0.25, 0.3) is 0 Å². The number of aliphatic hydroxyl groups is 1. The van der Waals surface area contributed by atoms with Gasteiger partial charge in [-0.1, -0.05) is 161 Å². The predicted molar refractivity (Wildman–Crippen MR) is 548 cm³/mol. The van der Waals surface area contributed by atoms with Crippen molar-refractivity contribution >= 4 is 142 Å². The van der Waals surface area contributed by atoms with Crippen LogP contribution >= 0.6 is 11.8 Å². The fraction of sp³-hybridized carbons (Fsp3) is 0.596. The third-order valence-corrected chi connectivity index (χ3v) is 25.4. The van der Waals surface area contributed by atoms with Crippen LogP contribution in [0.2, 0.25) is 0 Å². The number of carbonyl (C=O) groups is 21. The number of rotatable bonds is 44. The van der Waals surface area contributed by atoms with Gasteiger partial charge < -0.3 is 144 Å². The van der Waals surface area contributed by atoms with Gasteiger partial charge in [-0.2, -0.15) is 0 Å². The minimum Gasteiger partial charge on any atom is -0.508 e. The second kappa shape index (κ2) is 66.8. The van der Waals surface area contributed by atoms with E-state index < -0.39 is 284 Å². The summed E-state index contributed by atoms with van der Waals surface area (Å²) >= 11 is 0.650. The highest BCUT2D eigenvalue weighted by Gasteiger charge is 2.43. The first kappa shape index (κ1) is 125. The van der Waals surface area contributed by atoms with Gasteiger partial charge in [-0.15, -0.1) is 11.8 Å². The maximum atomic E-state index is 15.3. The third-order valence-electron chi connectivity index (χ3n) is 24.3. The van der Waals surface area contributed by atoms with Crippen molar-refractivity contribution in [3.8, 4) is 11.5 Å². The van der Waals surface area contributed by atoms with E-state index >= 15 is 33.6 Å². The molecule has 824 valence electrons. The number of phenolic OH excluding ortho intramolecular Hbond substituents is 2. The van der Waals surface area contributed by atoms with Crippen molar-refractivity contribution in [2.75, 3.05) is 70.5 Å². The summed E-state index contributed by atoms with van der Waals surface area (Å²) in [6, 6.07) is -4.09. The van der Waals surface area contributed by atoms with Gasteiger partial charge >= 0.3 is 5.97 Å². The lowest BCUT2D eigenvalue weighted by molar-refractivity contribution is -0.145. The van der Waals surface area contributed by atoms with Crippen molar-refractivity contribution in [3.63, 3.8) is 0 Å². The molecular formula is C99H152N24O25S. The van der Waals surface area contributed by atoms with Crippen LogP contribution in [0.1, 0.15) is 206 Å². The molecule has 5 rings (SSSR count). The number of aliphatic hydroxyl groups excluding tert-OH is 1. The van der Waals surface area contributed by atoms with Gasteiger partial charge in [-0.3, -0.25) is 106 Å². The third kappa shape index (κ3) is 46.7. The smallest absolute Gasteiger partial charge is 0.305 e. The summed E-state index contributed by atoms with van der Waals surface area (Å²) < 4.78 is 0. The van der Waals surface area contributed by atoms with Crippen LogP contribution in [-0.2, 0) is 120 Å². The van der Waals surface area contributed by atoms with Gasteiger partial charge in [0, 0.05) is 44.6 Å². The molecule has 13 unspecified atom stereocenters. The van der Waals surface area contributed by atoms with Crippen molar-refractivity contribution in [1.82, 2.24) is 100 Å². The topological polar surface area (TPSA) is 778 Å². The Morgan fingerprint density at radius 1 is 0.470 bits per heavy atom. The first-order chi connectivity index (χ1) is 70.9. The Balaban J connectivity index is 1.68. The minimum absolute atomic E-state index is 0.00321. The molecule has 49 nitrogen and oxygen atoms in total. The fourth-order valence-electron chi connectivity index (χ4n) is 16.3. The van der Waals surface area contributed by atoms with E-state index in [1.807, 2.05) is 20.8 Å². The van der Waals surface area contributed by atoms with Gasteiger partial charge in [0.1, 0.15) is 96.1 Å². The molecule has 2 heterocycles. The SMILES string of the molecule is CCCCCCN1CC(=O)NC(Cc2ccc(O)cc2)C(=O)NC(CCCCC)C(=O)NC(CC(N)=O)C(=O)NC(CCCNC(=N)N)C(=O)NC(CC(C)C)C(=O)NC(CCCCC)C(=O)N2CCCC2C(=O)NC(C(C)C)C(=O)NC(CO)C(=O)NC(C(=O)NCC(=O)NCC(=O)NCC(=O)N[C@H](CCCCN)C(N)=O)CSCC(=O)NC(Cc2ccccc2)C(=O)NC(Cc2ccc(O)cc2)C(=O)NC(CC(=O)O)C1=O. The second-order valence-electron chi connectivity index (χ2n) is 37.6. The summed E-state index contributed by atoms with van der Waals surface area (Å²) in [4.78, 5) is 303. The Labute approximate surface area is 870 Å². The normalized spacial score (nSPS) is 21.9. The molecule has 0 bridgehead atoms. The van der Waals surface area contributed by atoms with Crippen molar-refractivity contribution < 1.29 is 121 Å². The molecule has 2 saturated heterocycles. The number of hydrogen-bond donors (Lipinski definition) is 26. The van der Waals surface area contributed by atoms with Crippen molar-refractivity contribution in [1.29, 1.82) is 5.41 Å². The molecule has 2 aliphatic rings. The molecule has 149 heavy (non-hydrogen) atoms. The second-order valence-corrected chi connectivity index (χ2v) is 38.6. The molecule has 0 radical (unpaired) electrons. The van der Waals surface area contributed by atoms with Gasteiger partial charge in [0.25, 0.3) is 0 Å². The first-order valence-electron chi connectivity index (χ1n) is 50.6. The zero-order valence-electron chi connectivity index (χ0n) is 85.7. The molecule has 0 aliphatic carbocycles. The van der Waals surface area contributed by atoms with Crippen LogP contribution in [0, 0.1) is 17.2 Å². The van der Waals surface area contributed by atoms with E-state index in [9.17, 15) is 87.5 Å². The molecule has 2 aliphatic heterocycles. The number of carboxylic acid groups (broad SMARTS) is 1. The van der Waals surface area contributed by atoms with Crippen LogP contribution < -0.4 is 113 Å². The zero-order chi connectivity index (χ0) is 110. The Hall–Kier alpha value is -14.3. The Morgan fingerprint density at radius 3 is 1.47 bits per heavy atom. The maximum absolute atomic E-state index is 15.3. The maximum Gasteiger partial charge on any atom is 0.305 e. The van der Waals surface area contributed by atoms with Crippen molar-refractivity contribution in [2.24, 2.45) is 34.8 Å². The van der Waals surface area contributed by atoms with Gasteiger partial charge in [-0.05, 0) is 130 Å². The number of nitrogens with one attached hydrogen (secondary N) is 18. The number of fused-ring (bicyclic) bond motifs is 1. The van der Waals surface area contributed by atoms with Crippen LogP contribution in [0.4, 0.5) is 0 Å². The molecule has 3 aromatic carbocycles. The number of unbranched alkanes of at least 4 members (excludes halogenated alkanes) is 8. The molecule has 2 fully saturated rings. The highest BCUT2D eigenvalue weighted by atomic mass is 32.2. The van der Waals surface area contributed by atoms with E-state index in [2.05, 4.69) is 90.4 Å². The Morgan fingerprint density at radius 2 is 0.940 bits per heavy atom. The van der Waals surface area contributed by atoms with Crippen molar-refractivity contribution in [2.45, 2.75) is 294 Å². The van der Waals surface area contributed by atoms with E-state index in [-0.39, 0.29) is 120 Å². The highest BCUT2D eigenvalue weighted by molar-refractivity contribution is 8.00. The highest BCUT2D eigenvalue weighted by Crippen LogP contribution is 2.24. The zero-order valence-corrected chi connectivity index (χ0v) is 86.5. The van der Waals surface area contributed by atoms with E-state index in [1.165, 1.54) is 67.3 Å². The van der Waals surface area contributed by atoms with Gasteiger partial charge in [0.05, 0.1) is 51.4 Å². The van der Waals surface area contributed by atoms with Crippen molar-refractivity contribution in [3.05, 3.63) is 95.6 Å². The van der Waals surface area contributed by atoms with Gasteiger partial charge in [0.2, 0.25) is 118 Å². The summed E-state index contributed by atoms with van der Waals surface area (Å²) in [6.07, 6.45) is 2.38. The number of carboxylic acids is 1. The number of primary amides is 2. The number of nitrogens with zero attached hydrogens (tertiary/aromatic N) is 2. The number of aliphatic carboxylic acids is 1. The molecular weight excluding hydrogens is 1960 g/mol. The standard InChI is InChI=1S/C99H152N24O25S/c1-8-11-14-22-42-122-53-81(131)110-69(46-60-32-36-62(125)37-33-60)90(140)112-65(28-16-12-9-2)87(137)117-72(48-77(101)127)93(143)113-66(30-23-41-105-99(103)104)88(138)115-68(44-57(4)5)89(139)114-67(29-17-13-10-3)98(148)123-43-24-31-76(123)95(145)121-84(58(6)7)96(146)119-74(54-124)94(144)120-75(86(136)108-51-79(129)106-50-78(128)107-52-80(130)109-64(85(102)135)27-20-21-40-100)55-149-56-82(132)111-70(45-59-25-18-15-19-26-59)91(141)116-71(47-61-34-38-63(126)39-35-61)92(142)118-73(97(122)147)49-83(133)134/h15,18-19,25-26,32-39,57-58,64-76,84,124-126H,8-14,16-17,20-24,27-31,40-56,100H2,1-7H3,(H2,101,127)(H2,102,135)(H,106,129)(H,107,128)(H,108,136)(H,109,130)(H,110,131)(H,111,132)(H,112,140)(H,113,143)(H,114,139)(H,115,138)(H,116,141)(H,117,137)(H,118,142)(H,119,146)(H,120,144)(H,121,145)(H,133,134)(H4,103,104,105)/t64-,65?,66?,67?,68?,69?,70?,71?,72?,73?,74?,75?,76?,84?/m1/s1. The Bertz CT molecular complexity index is 4990. The van der Waals surface area contributed by atoms with E-state index in [1.54, 1.807) is 44.2 Å². The number of guanidine groups is 1. The van der Waals surface area contributed by atoms with Crippen LogP contribution in [0.5, 0.6) is 11.5 Å². The Kier molecular flexibility index (Phi) is 56.1. The molecule has 30 N–H and O–H groups in total. The number of phenols is 2. The molecule has 0 aromatic heterocycles. The summed E-state index contributed by atoms with van der Waals surface area (Å²) in [5.74, 6) is -25.4. The summed E-state index contributed by atoms with van der Waals surface area (Å²) in [6.45, 7) is 7.62. The lowest BCUT2D eigenvalue weighted by Crippen LogP contribution is -2.61. The number of aromatic hydroxyl groups is 2. The number of nitrogens with two attached hydrogens (primary N) is 4. The molecule has 20 amide bonds. The fourth-order valence-corrected chi connectivity index (χ4v) is 17.1. The number of amides is 20. The summed E-state index contributed by atoms with van der Waals surface area (Å²) in [5.41, 5.74) is 23.4. The van der Waals surface area contributed by atoms with Gasteiger partial charge in [-0.25, -0.2) is 0 Å². The van der Waals surface area contributed by atoms with Crippen LogP contribution in [-0.4, -0.2) is 315 Å². The summed E-state index contributed by atoms with van der Waals surface area (Å²) in [5, 5.41) is 92.9. The molecule has 50 heteroatoms. The van der Waals surface area contributed by atoms with E-state index in [0.717, 1.165) is 4.90 Å². The molecule has 14 atom stereocenters. The lowest BCUT2D eigenvalue weighted by Gasteiger charge is -2.32.